The average molecular weight is 277 g/mol. The van der Waals surface area contributed by atoms with Crippen LogP contribution in [0.3, 0.4) is 0 Å². The van der Waals surface area contributed by atoms with Gasteiger partial charge in [0.1, 0.15) is 11.6 Å². The third kappa shape index (κ3) is 4.26. The van der Waals surface area contributed by atoms with Crippen LogP contribution in [-0.4, -0.2) is 17.5 Å². The van der Waals surface area contributed by atoms with Crippen LogP contribution in [0.15, 0.2) is 42.5 Å². The number of benzene rings is 1. The fourth-order valence-corrected chi connectivity index (χ4v) is 1.68. The first-order valence-electron chi connectivity index (χ1n) is 5.75. The summed E-state index contributed by atoms with van der Waals surface area (Å²) in [6, 6.07) is 12.3. The van der Waals surface area contributed by atoms with E-state index in [1.165, 1.54) is 0 Å². The SMILES string of the molecule is Cc1cccc(NC(=O)COc2cccc(Cl)c2)n1. The van der Waals surface area contributed by atoms with Gasteiger partial charge in [-0.05, 0) is 37.3 Å². The summed E-state index contributed by atoms with van der Waals surface area (Å²) in [4.78, 5) is 15.8. The van der Waals surface area contributed by atoms with E-state index >= 15 is 0 Å². The van der Waals surface area contributed by atoms with Crippen molar-refractivity contribution in [2.75, 3.05) is 11.9 Å². The minimum atomic E-state index is -0.266. The summed E-state index contributed by atoms with van der Waals surface area (Å²) < 4.78 is 5.33. The van der Waals surface area contributed by atoms with E-state index in [0.29, 0.717) is 16.6 Å². The van der Waals surface area contributed by atoms with E-state index in [2.05, 4.69) is 10.3 Å². The Morgan fingerprint density at radius 2 is 2.11 bits per heavy atom. The number of hydrogen-bond acceptors (Lipinski definition) is 3. The molecule has 2 aromatic rings. The summed E-state index contributed by atoms with van der Waals surface area (Å²) in [5.74, 6) is 0.803. The summed E-state index contributed by atoms with van der Waals surface area (Å²) in [6.07, 6.45) is 0. The molecule has 1 amide bonds. The van der Waals surface area contributed by atoms with Gasteiger partial charge < -0.3 is 10.1 Å². The van der Waals surface area contributed by atoms with Gasteiger partial charge in [0.15, 0.2) is 6.61 Å². The first-order chi connectivity index (χ1) is 9.13. The predicted molar refractivity (Wildman–Crippen MR) is 74.6 cm³/mol. The highest BCUT2D eigenvalue weighted by molar-refractivity contribution is 6.30. The molecule has 0 saturated carbocycles. The Bertz CT molecular complexity index is 587. The van der Waals surface area contributed by atoms with Crippen LogP contribution in [0.1, 0.15) is 5.69 Å². The lowest BCUT2D eigenvalue weighted by Crippen LogP contribution is -2.20. The number of anilines is 1. The van der Waals surface area contributed by atoms with Crippen LogP contribution >= 0.6 is 11.6 Å². The monoisotopic (exact) mass is 276 g/mol. The zero-order chi connectivity index (χ0) is 13.7. The largest absolute Gasteiger partial charge is 0.484 e. The van der Waals surface area contributed by atoms with E-state index in [1.54, 1.807) is 30.3 Å². The third-order valence-corrected chi connectivity index (χ3v) is 2.56. The Kier molecular flexibility index (Phi) is 4.36. The van der Waals surface area contributed by atoms with Crippen molar-refractivity contribution in [3.63, 3.8) is 0 Å². The van der Waals surface area contributed by atoms with E-state index in [-0.39, 0.29) is 12.5 Å². The van der Waals surface area contributed by atoms with Crippen molar-refractivity contribution in [3.05, 3.63) is 53.2 Å². The van der Waals surface area contributed by atoms with Crippen LogP contribution in [0, 0.1) is 6.92 Å². The molecule has 4 nitrogen and oxygen atoms in total. The predicted octanol–water partition coefficient (Wildman–Crippen LogP) is 3.06. The molecular formula is C14H13ClN2O2. The van der Waals surface area contributed by atoms with Crippen molar-refractivity contribution in [2.24, 2.45) is 0 Å². The van der Waals surface area contributed by atoms with Crippen molar-refractivity contribution in [1.82, 2.24) is 4.98 Å². The molecule has 1 aromatic heterocycles. The summed E-state index contributed by atoms with van der Waals surface area (Å²) in [6.45, 7) is 1.77. The molecule has 5 heteroatoms. The van der Waals surface area contributed by atoms with Crippen LogP contribution in [0.4, 0.5) is 5.82 Å². The number of nitrogens with zero attached hydrogens (tertiary/aromatic N) is 1. The van der Waals surface area contributed by atoms with Gasteiger partial charge in [0, 0.05) is 10.7 Å². The molecule has 19 heavy (non-hydrogen) atoms. The Morgan fingerprint density at radius 3 is 2.84 bits per heavy atom. The van der Waals surface area contributed by atoms with Crippen molar-refractivity contribution in [1.29, 1.82) is 0 Å². The van der Waals surface area contributed by atoms with Crippen molar-refractivity contribution < 1.29 is 9.53 Å². The molecule has 0 aliphatic carbocycles. The summed E-state index contributed by atoms with van der Waals surface area (Å²) in [5.41, 5.74) is 0.841. The molecule has 1 aromatic carbocycles. The molecule has 0 fully saturated rings. The van der Waals surface area contributed by atoms with Crippen LogP contribution < -0.4 is 10.1 Å². The first-order valence-corrected chi connectivity index (χ1v) is 6.13. The number of carbonyl (C=O) groups excluding carboxylic acids is 1. The average Bonchev–Trinajstić information content (AvgIpc) is 2.36. The molecule has 98 valence electrons. The van der Waals surface area contributed by atoms with Crippen molar-refractivity contribution in [2.45, 2.75) is 6.92 Å². The van der Waals surface area contributed by atoms with E-state index in [0.717, 1.165) is 5.69 Å². The number of aromatic nitrogens is 1. The van der Waals surface area contributed by atoms with Crippen LogP contribution in [0.2, 0.25) is 5.02 Å². The molecule has 0 radical (unpaired) electrons. The topological polar surface area (TPSA) is 51.2 Å². The second-order valence-electron chi connectivity index (χ2n) is 3.96. The molecule has 2 rings (SSSR count). The fourth-order valence-electron chi connectivity index (χ4n) is 1.50. The van der Waals surface area contributed by atoms with Gasteiger partial charge in [-0.25, -0.2) is 4.98 Å². The maximum Gasteiger partial charge on any atom is 0.263 e. The van der Waals surface area contributed by atoms with Gasteiger partial charge in [0.2, 0.25) is 0 Å². The van der Waals surface area contributed by atoms with Crippen LogP contribution in [-0.2, 0) is 4.79 Å². The van der Waals surface area contributed by atoms with Gasteiger partial charge in [-0.1, -0.05) is 23.7 Å². The second-order valence-corrected chi connectivity index (χ2v) is 4.39. The zero-order valence-corrected chi connectivity index (χ0v) is 11.1. The summed E-state index contributed by atoms with van der Waals surface area (Å²) in [5, 5.41) is 3.23. The summed E-state index contributed by atoms with van der Waals surface area (Å²) in [7, 11) is 0. The number of hydrogen-bond donors (Lipinski definition) is 1. The molecule has 0 aliphatic rings. The maximum absolute atomic E-state index is 11.7. The third-order valence-electron chi connectivity index (χ3n) is 2.32. The molecule has 0 saturated heterocycles. The van der Waals surface area contributed by atoms with Crippen molar-refractivity contribution in [3.8, 4) is 5.75 Å². The number of ether oxygens (including phenoxy) is 1. The highest BCUT2D eigenvalue weighted by Gasteiger charge is 2.04. The fraction of sp³-hybridized carbons (Fsp3) is 0.143. The number of pyridine rings is 1. The Morgan fingerprint density at radius 1 is 1.32 bits per heavy atom. The smallest absolute Gasteiger partial charge is 0.263 e. The maximum atomic E-state index is 11.7. The molecule has 0 bridgehead atoms. The minimum Gasteiger partial charge on any atom is -0.484 e. The van der Waals surface area contributed by atoms with Gasteiger partial charge >= 0.3 is 0 Å². The lowest BCUT2D eigenvalue weighted by Gasteiger charge is -2.07. The highest BCUT2D eigenvalue weighted by atomic mass is 35.5. The highest BCUT2D eigenvalue weighted by Crippen LogP contribution is 2.16. The number of rotatable bonds is 4. The molecule has 0 aliphatic heterocycles. The number of nitrogens with one attached hydrogen (secondary N) is 1. The van der Waals surface area contributed by atoms with E-state index in [4.69, 9.17) is 16.3 Å². The van der Waals surface area contributed by atoms with Crippen LogP contribution in [0.25, 0.3) is 0 Å². The molecular weight excluding hydrogens is 264 g/mol. The lowest BCUT2D eigenvalue weighted by atomic mass is 10.3. The molecule has 0 spiro atoms. The minimum absolute atomic E-state index is 0.0873. The van der Waals surface area contributed by atoms with Crippen molar-refractivity contribution >= 4 is 23.3 Å². The quantitative estimate of drug-likeness (QED) is 0.934. The van der Waals surface area contributed by atoms with Crippen LogP contribution in [0.5, 0.6) is 5.75 Å². The lowest BCUT2D eigenvalue weighted by molar-refractivity contribution is -0.118. The number of halogens is 1. The Labute approximate surface area is 116 Å². The van der Waals surface area contributed by atoms with Gasteiger partial charge in [-0.15, -0.1) is 0 Å². The number of amides is 1. The van der Waals surface area contributed by atoms with Gasteiger partial charge in [0.25, 0.3) is 5.91 Å². The molecule has 0 unspecified atom stereocenters. The summed E-state index contributed by atoms with van der Waals surface area (Å²) >= 11 is 5.82. The van der Waals surface area contributed by atoms with E-state index in [9.17, 15) is 4.79 Å². The Balaban J connectivity index is 1.88. The second kappa shape index (κ2) is 6.20. The Hall–Kier alpha value is -2.07. The standard InChI is InChI=1S/C14H13ClN2O2/c1-10-4-2-7-13(16-10)17-14(18)9-19-12-6-3-5-11(15)8-12/h2-8H,9H2,1H3,(H,16,17,18). The molecule has 1 N–H and O–H groups in total. The van der Waals surface area contributed by atoms with E-state index < -0.39 is 0 Å². The van der Waals surface area contributed by atoms with Gasteiger partial charge in [0.05, 0.1) is 0 Å². The van der Waals surface area contributed by atoms with E-state index in [1.807, 2.05) is 19.1 Å². The normalized spacial score (nSPS) is 10.0. The van der Waals surface area contributed by atoms with Gasteiger partial charge in [-0.2, -0.15) is 0 Å². The van der Waals surface area contributed by atoms with Gasteiger partial charge in [-0.3, -0.25) is 4.79 Å². The zero-order valence-electron chi connectivity index (χ0n) is 10.4. The first kappa shape index (κ1) is 13.4. The molecule has 0 atom stereocenters. The number of aryl methyl sites for hydroxylation is 1. The number of carbonyl (C=O) groups is 1. The molecule has 1 heterocycles.